The second-order valence-electron chi connectivity index (χ2n) is 4.24. The highest BCUT2D eigenvalue weighted by molar-refractivity contribution is 9.10. The highest BCUT2D eigenvalue weighted by atomic mass is 79.9. The van der Waals surface area contributed by atoms with Gasteiger partial charge in [-0.05, 0) is 58.7 Å². The van der Waals surface area contributed by atoms with E-state index in [2.05, 4.69) is 20.9 Å². The van der Waals surface area contributed by atoms with Crippen LogP contribution in [0.4, 0.5) is 5.69 Å². The number of nitrogens with zero attached hydrogens (tertiary/aromatic N) is 1. The van der Waals surface area contributed by atoms with Gasteiger partial charge >= 0.3 is 0 Å². The molecule has 1 heterocycles. The van der Waals surface area contributed by atoms with E-state index in [1.807, 2.05) is 43.3 Å². The predicted octanol–water partition coefficient (Wildman–Crippen LogP) is 4.15. The number of rotatable bonds is 1. The number of nitrogen functional groups attached to an aromatic ring is 1. The maximum absolute atomic E-state index is 5.78. The number of aromatic nitrogens is 1. The van der Waals surface area contributed by atoms with Gasteiger partial charge in [-0.3, -0.25) is 0 Å². The van der Waals surface area contributed by atoms with E-state index in [4.69, 9.17) is 10.2 Å². The molecule has 0 aliphatic heterocycles. The maximum atomic E-state index is 5.78. The van der Waals surface area contributed by atoms with Crippen LogP contribution in [0.25, 0.3) is 22.6 Å². The highest BCUT2D eigenvalue weighted by Gasteiger charge is 2.11. The van der Waals surface area contributed by atoms with E-state index in [-0.39, 0.29) is 0 Å². The summed E-state index contributed by atoms with van der Waals surface area (Å²) in [5, 5.41) is 0. The van der Waals surface area contributed by atoms with E-state index in [0.717, 1.165) is 26.7 Å². The SMILES string of the molecule is Cc1cc(Br)c2oc(-c3cccc(N)c3)nc2c1. The fourth-order valence-corrected chi connectivity index (χ4v) is 2.56. The van der Waals surface area contributed by atoms with Crippen LogP contribution in [0.15, 0.2) is 45.3 Å². The number of hydrogen-bond donors (Lipinski definition) is 1. The number of halogens is 1. The Bertz CT molecular complexity index is 734. The molecular formula is C14H11BrN2O. The first-order valence-corrected chi connectivity index (χ1v) is 6.35. The molecule has 0 bridgehead atoms. The van der Waals surface area contributed by atoms with Crippen molar-refractivity contribution in [2.45, 2.75) is 6.92 Å². The third kappa shape index (κ3) is 1.88. The minimum Gasteiger partial charge on any atom is -0.435 e. The molecule has 4 heteroatoms. The number of fused-ring (bicyclic) bond motifs is 1. The van der Waals surface area contributed by atoms with Crippen LogP contribution in [0.3, 0.4) is 0 Å². The fraction of sp³-hybridized carbons (Fsp3) is 0.0714. The minimum absolute atomic E-state index is 0.587. The largest absolute Gasteiger partial charge is 0.435 e. The fourth-order valence-electron chi connectivity index (χ4n) is 1.92. The molecule has 0 aliphatic carbocycles. The van der Waals surface area contributed by atoms with Crippen molar-refractivity contribution in [1.29, 1.82) is 0 Å². The molecule has 0 atom stereocenters. The van der Waals surface area contributed by atoms with Crippen molar-refractivity contribution in [2.24, 2.45) is 0 Å². The molecule has 1 aromatic heterocycles. The standard InChI is InChI=1S/C14H11BrN2O/c1-8-5-11(15)13-12(6-8)17-14(18-13)9-3-2-4-10(16)7-9/h2-7H,16H2,1H3. The van der Waals surface area contributed by atoms with E-state index >= 15 is 0 Å². The molecule has 0 radical (unpaired) electrons. The summed E-state index contributed by atoms with van der Waals surface area (Å²) < 4.78 is 6.70. The van der Waals surface area contributed by atoms with Gasteiger partial charge in [0.25, 0.3) is 0 Å². The summed E-state index contributed by atoms with van der Waals surface area (Å²) in [5.41, 5.74) is 10.1. The van der Waals surface area contributed by atoms with E-state index < -0.39 is 0 Å². The van der Waals surface area contributed by atoms with Crippen LogP contribution in [0.1, 0.15) is 5.56 Å². The molecule has 0 amide bonds. The number of anilines is 1. The van der Waals surface area contributed by atoms with Crippen LogP contribution in [-0.4, -0.2) is 4.98 Å². The molecule has 0 saturated heterocycles. The average Bonchev–Trinajstić information content (AvgIpc) is 2.73. The van der Waals surface area contributed by atoms with Gasteiger partial charge in [0.2, 0.25) is 5.89 Å². The molecule has 90 valence electrons. The van der Waals surface area contributed by atoms with Gasteiger partial charge in [0.15, 0.2) is 5.58 Å². The summed E-state index contributed by atoms with van der Waals surface area (Å²) in [7, 11) is 0. The summed E-state index contributed by atoms with van der Waals surface area (Å²) in [4.78, 5) is 4.49. The first kappa shape index (κ1) is 11.3. The quantitative estimate of drug-likeness (QED) is 0.687. The van der Waals surface area contributed by atoms with Gasteiger partial charge in [-0.1, -0.05) is 6.07 Å². The molecule has 2 aromatic carbocycles. The molecule has 18 heavy (non-hydrogen) atoms. The number of nitrogens with two attached hydrogens (primary N) is 1. The van der Waals surface area contributed by atoms with Crippen LogP contribution in [0, 0.1) is 6.92 Å². The van der Waals surface area contributed by atoms with Crippen LogP contribution in [0.2, 0.25) is 0 Å². The Labute approximate surface area is 113 Å². The lowest BCUT2D eigenvalue weighted by atomic mass is 10.2. The lowest BCUT2D eigenvalue weighted by Gasteiger charge is -1.96. The Morgan fingerprint density at radius 1 is 1.22 bits per heavy atom. The Balaban J connectivity index is 2.22. The first-order chi connectivity index (χ1) is 8.63. The van der Waals surface area contributed by atoms with Crippen molar-refractivity contribution in [2.75, 3.05) is 5.73 Å². The smallest absolute Gasteiger partial charge is 0.227 e. The van der Waals surface area contributed by atoms with Gasteiger partial charge in [-0.25, -0.2) is 4.98 Å². The van der Waals surface area contributed by atoms with Crippen molar-refractivity contribution < 1.29 is 4.42 Å². The molecule has 0 unspecified atom stereocenters. The average molecular weight is 303 g/mol. The van der Waals surface area contributed by atoms with Gasteiger partial charge in [0.1, 0.15) is 5.52 Å². The molecule has 3 nitrogen and oxygen atoms in total. The van der Waals surface area contributed by atoms with Crippen LogP contribution >= 0.6 is 15.9 Å². The number of oxazole rings is 1. The van der Waals surface area contributed by atoms with Crippen molar-refractivity contribution in [3.63, 3.8) is 0 Å². The third-order valence-corrected chi connectivity index (χ3v) is 3.31. The van der Waals surface area contributed by atoms with Crippen molar-refractivity contribution in [3.8, 4) is 11.5 Å². The zero-order chi connectivity index (χ0) is 12.7. The number of hydrogen-bond acceptors (Lipinski definition) is 3. The van der Waals surface area contributed by atoms with E-state index in [0.29, 0.717) is 11.6 Å². The Morgan fingerprint density at radius 2 is 2.06 bits per heavy atom. The third-order valence-electron chi connectivity index (χ3n) is 2.72. The topological polar surface area (TPSA) is 52.0 Å². The number of benzene rings is 2. The summed E-state index contributed by atoms with van der Waals surface area (Å²) in [5.74, 6) is 0.587. The van der Waals surface area contributed by atoms with Gasteiger partial charge in [-0.2, -0.15) is 0 Å². The molecule has 0 spiro atoms. The molecule has 3 aromatic rings. The van der Waals surface area contributed by atoms with Crippen molar-refractivity contribution in [1.82, 2.24) is 4.98 Å². The zero-order valence-corrected chi connectivity index (χ0v) is 11.4. The van der Waals surface area contributed by atoms with Crippen LogP contribution in [-0.2, 0) is 0 Å². The van der Waals surface area contributed by atoms with Gasteiger partial charge in [0.05, 0.1) is 4.47 Å². The minimum atomic E-state index is 0.587. The lowest BCUT2D eigenvalue weighted by Crippen LogP contribution is -1.84. The summed E-state index contributed by atoms with van der Waals surface area (Å²) >= 11 is 3.49. The van der Waals surface area contributed by atoms with Gasteiger partial charge < -0.3 is 10.2 Å². The summed E-state index contributed by atoms with van der Waals surface area (Å²) in [6.07, 6.45) is 0. The van der Waals surface area contributed by atoms with E-state index in [9.17, 15) is 0 Å². The monoisotopic (exact) mass is 302 g/mol. The zero-order valence-electron chi connectivity index (χ0n) is 9.77. The molecule has 0 fully saturated rings. The van der Waals surface area contributed by atoms with Gasteiger partial charge in [-0.15, -0.1) is 0 Å². The summed E-state index contributed by atoms with van der Waals surface area (Å²) in [6, 6.07) is 11.5. The lowest BCUT2D eigenvalue weighted by molar-refractivity contribution is 0.618. The second-order valence-corrected chi connectivity index (χ2v) is 5.09. The maximum Gasteiger partial charge on any atom is 0.227 e. The molecular weight excluding hydrogens is 292 g/mol. The molecule has 0 aliphatic rings. The van der Waals surface area contributed by atoms with E-state index in [1.165, 1.54) is 0 Å². The molecule has 2 N–H and O–H groups in total. The second kappa shape index (κ2) is 4.14. The Kier molecular flexibility index (Phi) is 2.59. The van der Waals surface area contributed by atoms with Crippen molar-refractivity contribution in [3.05, 3.63) is 46.4 Å². The van der Waals surface area contributed by atoms with E-state index in [1.54, 1.807) is 0 Å². The highest BCUT2D eigenvalue weighted by Crippen LogP contribution is 2.30. The summed E-state index contributed by atoms with van der Waals surface area (Å²) in [6.45, 7) is 2.03. The number of aryl methyl sites for hydroxylation is 1. The Morgan fingerprint density at radius 3 is 2.83 bits per heavy atom. The van der Waals surface area contributed by atoms with Crippen LogP contribution in [0.5, 0.6) is 0 Å². The Hall–Kier alpha value is -1.81. The van der Waals surface area contributed by atoms with Crippen LogP contribution < -0.4 is 5.73 Å². The van der Waals surface area contributed by atoms with Gasteiger partial charge in [0, 0.05) is 11.3 Å². The van der Waals surface area contributed by atoms with Crippen molar-refractivity contribution >= 4 is 32.7 Å². The molecule has 3 rings (SSSR count). The first-order valence-electron chi connectivity index (χ1n) is 5.56. The predicted molar refractivity (Wildman–Crippen MR) is 76.3 cm³/mol. The normalized spacial score (nSPS) is 11.0. The molecule has 0 saturated carbocycles.